The number of H-pyrrole nitrogens is 2. The van der Waals surface area contributed by atoms with E-state index in [9.17, 15) is 9.59 Å². The minimum Gasteiger partial charge on any atom is -0.369 e. The second kappa shape index (κ2) is 24.0. The van der Waals surface area contributed by atoms with Crippen molar-refractivity contribution in [2.45, 2.75) is 7.43 Å². The zero-order valence-electron chi connectivity index (χ0n) is 42.5. The third-order valence-corrected chi connectivity index (χ3v) is 13.4. The molecule has 1 amide bonds. The van der Waals surface area contributed by atoms with Crippen LogP contribution in [0.25, 0.3) is 88.6 Å². The lowest BCUT2D eigenvalue weighted by molar-refractivity contribution is -0.132. The van der Waals surface area contributed by atoms with Crippen LogP contribution in [0.2, 0.25) is 0 Å². The molecule has 12 rings (SSSR count). The van der Waals surface area contributed by atoms with E-state index in [1.54, 1.807) is 31.4 Å². The number of amides is 1. The van der Waals surface area contributed by atoms with Crippen LogP contribution in [0.15, 0.2) is 147 Å². The number of rotatable bonds is 10. The second-order valence-corrected chi connectivity index (χ2v) is 19.7. The first-order valence-corrected chi connectivity index (χ1v) is 25.4. The van der Waals surface area contributed by atoms with Gasteiger partial charge in [-0.3, -0.25) is 29.5 Å². The number of halogens is 1. The molecule has 10 heterocycles. The van der Waals surface area contributed by atoms with Gasteiger partial charge in [0.2, 0.25) is 11.1 Å². The summed E-state index contributed by atoms with van der Waals surface area (Å²) in [5.74, 6) is 0.193. The minimum absolute atomic E-state index is 0. The standard InChI is InChI=1S/C29H29N7O.C25H22N6.C4H8ClNO.CH4/c1-34(2)19-28(37)36-11-9-35(10-12-36)23-7-3-5-20(13-23)22-14-25-24-15-26(21-6-4-8-30-16-21)31-18-27(24)33-29(25)32-17-22;1-3-17(11-20(5-1)31-9-7-26-8-10-31)19-12-22-21-13-23(18-4-2-6-27-14-18)28-16-24(21)30-25(22)29-15-19;1-6(2)3-4(5)7;/h3-8,13-18H,9-12,19H2,1-2H3,(H,32,33);1-6,11-16,26H,7-10H2,(H,29,30);3H2,1-2H3;1H4. The lowest BCUT2D eigenvalue weighted by Crippen LogP contribution is -2.50. The van der Waals surface area contributed by atoms with Gasteiger partial charge in [-0.05, 0) is 124 Å². The predicted octanol–water partition coefficient (Wildman–Crippen LogP) is 9.25. The fraction of sp³-hybridized carbons (Fsp3) is 0.254. The van der Waals surface area contributed by atoms with Crippen LogP contribution in [0.4, 0.5) is 11.4 Å². The monoisotopic (exact) mass is 1030 g/mol. The zero-order valence-corrected chi connectivity index (χ0v) is 43.3. The Morgan fingerprint density at radius 2 is 0.987 bits per heavy atom. The van der Waals surface area contributed by atoms with Crippen LogP contribution >= 0.6 is 11.6 Å². The van der Waals surface area contributed by atoms with E-state index >= 15 is 0 Å². The highest BCUT2D eigenvalue weighted by Gasteiger charge is 2.22. The smallest absolute Gasteiger partial charge is 0.236 e. The van der Waals surface area contributed by atoms with Crippen molar-refractivity contribution in [3.63, 3.8) is 0 Å². The Labute approximate surface area is 447 Å². The number of hydrogen-bond acceptors (Lipinski definition) is 13. The molecule has 0 saturated carbocycles. The van der Waals surface area contributed by atoms with E-state index in [0.29, 0.717) is 13.1 Å². The van der Waals surface area contributed by atoms with Gasteiger partial charge < -0.3 is 39.8 Å². The maximum atomic E-state index is 12.4. The lowest BCUT2D eigenvalue weighted by Gasteiger charge is -2.36. The molecule has 76 heavy (non-hydrogen) atoms. The first-order chi connectivity index (χ1) is 36.5. The quantitative estimate of drug-likeness (QED) is 0.111. The molecule has 388 valence electrons. The Kier molecular flexibility index (Phi) is 16.7. The molecule has 2 aliphatic heterocycles. The lowest BCUT2D eigenvalue weighted by atomic mass is 10.0. The molecule has 2 saturated heterocycles. The summed E-state index contributed by atoms with van der Waals surface area (Å²) in [7, 11) is 7.44. The van der Waals surface area contributed by atoms with Crippen LogP contribution in [0.5, 0.6) is 0 Å². The molecular weight excluding hydrogens is 972 g/mol. The third-order valence-electron chi connectivity index (χ3n) is 13.3. The topological polar surface area (TPSA) is 171 Å². The number of aromatic amines is 2. The molecule has 0 spiro atoms. The van der Waals surface area contributed by atoms with Crippen molar-refractivity contribution in [1.82, 2.24) is 59.9 Å². The van der Waals surface area contributed by atoms with Gasteiger partial charge in [0.25, 0.3) is 0 Å². The van der Waals surface area contributed by atoms with E-state index in [4.69, 9.17) is 21.6 Å². The van der Waals surface area contributed by atoms with Crippen molar-refractivity contribution >= 4 is 78.0 Å². The number of piperazine rings is 2. The van der Waals surface area contributed by atoms with Gasteiger partial charge in [0.1, 0.15) is 11.3 Å². The highest BCUT2D eigenvalue weighted by molar-refractivity contribution is 6.64. The van der Waals surface area contributed by atoms with Crippen molar-refractivity contribution in [1.29, 1.82) is 0 Å². The maximum absolute atomic E-state index is 12.4. The molecule has 16 nitrogen and oxygen atoms in total. The van der Waals surface area contributed by atoms with Gasteiger partial charge in [-0.2, -0.15) is 0 Å². The van der Waals surface area contributed by atoms with E-state index < -0.39 is 0 Å². The van der Waals surface area contributed by atoms with Gasteiger partial charge in [0.05, 0.1) is 47.9 Å². The number of likely N-dealkylation sites (N-methyl/N-ethyl adjacent to an activating group) is 2. The molecular formula is C59H63ClN14O2. The fourth-order valence-electron chi connectivity index (χ4n) is 9.53. The van der Waals surface area contributed by atoms with E-state index in [2.05, 4.69) is 118 Å². The van der Waals surface area contributed by atoms with Gasteiger partial charge in [-0.1, -0.05) is 31.7 Å². The number of nitrogens with zero attached hydrogens (tertiary/aromatic N) is 11. The number of carbonyl (C=O) groups is 2. The molecule has 3 N–H and O–H groups in total. The summed E-state index contributed by atoms with van der Waals surface area (Å²) in [6.45, 7) is 8.04. The summed E-state index contributed by atoms with van der Waals surface area (Å²) < 4.78 is 0. The Bertz CT molecular complexity index is 3590. The Morgan fingerprint density at radius 1 is 0.513 bits per heavy atom. The van der Waals surface area contributed by atoms with Crippen LogP contribution in [0.1, 0.15) is 7.43 Å². The predicted molar refractivity (Wildman–Crippen MR) is 309 cm³/mol. The summed E-state index contributed by atoms with van der Waals surface area (Å²) >= 11 is 4.99. The molecule has 0 atom stereocenters. The van der Waals surface area contributed by atoms with Crippen molar-refractivity contribution in [3.8, 4) is 44.8 Å². The Balaban J connectivity index is 0.000000165. The highest BCUT2D eigenvalue weighted by Crippen LogP contribution is 2.34. The van der Waals surface area contributed by atoms with Gasteiger partial charge in [-0.15, -0.1) is 0 Å². The van der Waals surface area contributed by atoms with E-state index in [-0.39, 0.29) is 18.6 Å². The molecule has 0 aliphatic carbocycles. The van der Waals surface area contributed by atoms with E-state index in [1.165, 1.54) is 16.9 Å². The molecule has 0 radical (unpaired) electrons. The number of fused-ring (bicyclic) bond motifs is 6. The largest absolute Gasteiger partial charge is 0.369 e. The third kappa shape index (κ3) is 12.3. The number of nitrogens with one attached hydrogen (secondary N) is 3. The summed E-state index contributed by atoms with van der Waals surface area (Å²) in [5, 5.41) is 7.49. The van der Waals surface area contributed by atoms with Crippen LogP contribution in [0, 0.1) is 0 Å². The van der Waals surface area contributed by atoms with Gasteiger partial charge in [0, 0.05) is 145 Å². The van der Waals surface area contributed by atoms with Crippen LogP contribution in [0.3, 0.4) is 0 Å². The number of hydrogen-bond donors (Lipinski definition) is 3. The summed E-state index contributed by atoms with van der Waals surface area (Å²) in [6, 6.07) is 33.9. The SMILES string of the molecule is C.CN(C)CC(=O)Cl.CN(C)CC(=O)N1CCN(c2cccc(-c3cnc4[nH]c5cnc(-c6cccnc6)cc5c4c3)c2)CC1.c1cncc(-c2cc3c(cn2)[nH]c2ncc(-c4cccc(N5CCNCC5)c4)cc23)c1. The normalized spacial score (nSPS) is 13.6. The van der Waals surface area contributed by atoms with Gasteiger partial charge >= 0.3 is 0 Å². The van der Waals surface area contributed by atoms with Crippen molar-refractivity contribution < 1.29 is 9.59 Å². The second-order valence-electron chi connectivity index (χ2n) is 19.2. The van der Waals surface area contributed by atoms with Crippen LogP contribution in [-0.4, -0.2) is 159 Å². The van der Waals surface area contributed by atoms with E-state index in [1.807, 2.05) is 85.3 Å². The Hall–Kier alpha value is -8.15. The van der Waals surface area contributed by atoms with Crippen molar-refractivity contribution in [2.24, 2.45) is 0 Å². The number of benzene rings is 2. The first kappa shape index (κ1) is 52.7. The molecule has 2 fully saturated rings. The number of aromatic nitrogens is 8. The number of carbonyl (C=O) groups excluding carboxylic acids is 2. The van der Waals surface area contributed by atoms with Crippen LogP contribution < -0.4 is 15.1 Å². The summed E-state index contributed by atoms with van der Waals surface area (Å²) in [4.78, 5) is 66.7. The molecule has 0 bridgehead atoms. The molecule has 2 aromatic carbocycles. The van der Waals surface area contributed by atoms with E-state index in [0.717, 1.165) is 135 Å². The van der Waals surface area contributed by atoms with Gasteiger partial charge in [-0.25, -0.2) is 9.97 Å². The average Bonchev–Trinajstić information content (AvgIpc) is 4.03. The average molecular weight is 1040 g/mol. The number of pyridine rings is 6. The molecule has 2 aliphatic rings. The van der Waals surface area contributed by atoms with Crippen molar-refractivity contribution in [2.75, 3.05) is 103 Å². The molecule has 8 aromatic heterocycles. The molecule has 17 heteroatoms. The fourth-order valence-corrected chi connectivity index (χ4v) is 9.77. The minimum atomic E-state index is -0.315. The zero-order chi connectivity index (χ0) is 51.8. The maximum Gasteiger partial charge on any atom is 0.236 e. The first-order valence-electron chi connectivity index (χ1n) is 25.1. The summed E-state index contributed by atoms with van der Waals surface area (Å²) in [6.07, 6.45) is 14.8. The van der Waals surface area contributed by atoms with Crippen LogP contribution in [-0.2, 0) is 9.59 Å². The van der Waals surface area contributed by atoms with Gasteiger partial charge in [0.15, 0.2) is 0 Å². The highest BCUT2D eigenvalue weighted by atomic mass is 35.5. The number of anilines is 2. The summed E-state index contributed by atoms with van der Waals surface area (Å²) in [5.41, 5.74) is 14.4. The molecule has 10 aromatic rings. The van der Waals surface area contributed by atoms with Crippen molar-refractivity contribution in [3.05, 3.63) is 147 Å². The Morgan fingerprint density at radius 3 is 1.42 bits per heavy atom. The molecule has 0 unspecified atom stereocenters.